The van der Waals surface area contributed by atoms with E-state index in [4.69, 9.17) is 14.5 Å². The van der Waals surface area contributed by atoms with Gasteiger partial charge in [-0.25, -0.2) is 9.98 Å². The van der Waals surface area contributed by atoms with Crippen molar-refractivity contribution in [2.75, 3.05) is 44.8 Å². The van der Waals surface area contributed by atoms with E-state index in [9.17, 15) is 0 Å². The minimum absolute atomic E-state index is 0.244. The number of ether oxygens (including phenoxy) is 2. The van der Waals surface area contributed by atoms with Gasteiger partial charge in [0.2, 0.25) is 0 Å². The Morgan fingerprint density at radius 2 is 2.00 bits per heavy atom. The minimum atomic E-state index is 0.244. The third-order valence-corrected chi connectivity index (χ3v) is 5.14. The number of guanidine groups is 1. The molecule has 0 spiro atoms. The summed E-state index contributed by atoms with van der Waals surface area (Å²) in [6.07, 6.45) is 2.17. The van der Waals surface area contributed by atoms with Crippen LogP contribution in [0.15, 0.2) is 47.6 Å². The molecule has 7 nitrogen and oxygen atoms in total. The fourth-order valence-electron chi connectivity index (χ4n) is 3.57. The third kappa shape index (κ3) is 6.85. The number of nitrogens with zero attached hydrogens (tertiary/aromatic N) is 4. The first-order valence-electron chi connectivity index (χ1n) is 11.1. The zero-order chi connectivity index (χ0) is 22.1. The van der Waals surface area contributed by atoms with E-state index in [0.717, 1.165) is 55.9 Å². The topological polar surface area (TPSA) is 62.2 Å². The predicted octanol–water partition coefficient (Wildman–Crippen LogP) is 3.30. The van der Waals surface area contributed by atoms with Gasteiger partial charge in [0.15, 0.2) is 5.96 Å². The molecule has 1 aromatic heterocycles. The lowest BCUT2D eigenvalue weighted by Crippen LogP contribution is -2.41. The van der Waals surface area contributed by atoms with E-state index in [1.807, 2.05) is 25.3 Å². The molecule has 0 amide bonds. The smallest absolute Gasteiger partial charge is 0.194 e. The predicted molar refractivity (Wildman–Crippen MR) is 126 cm³/mol. The highest BCUT2D eigenvalue weighted by molar-refractivity contribution is 5.79. The van der Waals surface area contributed by atoms with Gasteiger partial charge in [-0.2, -0.15) is 0 Å². The summed E-state index contributed by atoms with van der Waals surface area (Å²) in [5.41, 5.74) is 2.30. The van der Waals surface area contributed by atoms with Crippen LogP contribution in [0.2, 0.25) is 0 Å². The van der Waals surface area contributed by atoms with Crippen molar-refractivity contribution >= 4 is 11.8 Å². The minimum Gasteiger partial charge on any atom is -0.494 e. The van der Waals surface area contributed by atoms with Crippen LogP contribution in [0.5, 0.6) is 5.75 Å². The summed E-state index contributed by atoms with van der Waals surface area (Å²) in [6, 6.07) is 12.4. The third-order valence-electron chi connectivity index (χ3n) is 5.14. The van der Waals surface area contributed by atoms with Gasteiger partial charge in [-0.1, -0.05) is 18.2 Å². The summed E-state index contributed by atoms with van der Waals surface area (Å²) >= 11 is 0. The van der Waals surface area contributed by atoms with Crippen LogP contribution in [-0.4, -0.2) is 61.8 Å². The SMILES string of the molecule is CCNC(=NCc1ccc(N2CCOC(C)C2)nc1)N(C)Cc1ccc(OCC)cc1. The van der Waals surface area contributed by atoms with Gasteiger partial charge < -0.3 is 24.6 Å². The molecular weight excluding hydrogens is 390 g/mol. The van der Waals surface area contributed by atoms with Crippen molar-refractivity contribution in [2.45, 2.75) is 40.0 Å². The number of hydrogen-bond donors (Lipinski definition) is 1. The van der Waals surface area contributed by atoms with Crippen LogP contribution < -0.4 is 15.0 Å². The Bertz CT molecular complexity index is 823. The van der Waals surface area contributed by atoms with Crippen LogP contribution in [-0.2, 0) is 17.8 Å². The van der Waals surface area contributed by atoms with E-state index in [1.165, 1.54) is 5.56 Å². The van der Waals surface area contributed by atoms with Gasteiger partial charge in [0.1, 0.15) is 11.6 Å². The summed E-state index contributed by atoms with van der Waals surface area (Å²) in [4.78, 5) is 13.9. The second-order valence-electron chi connectivity index (χ2n) is 7.76. The quantitative estimate of drug-likeness (QED) is 0.517. The van der Waals surface area contributed by atoms with Gasteiger partial charge >= 0.3 is 0 Å². The molecule has 1 aromatic carbocycles. The van der Waals surface area contributed by atoms with Gasteiger partial charge in [0, 0.05) is 39.4 Å². The lowest BCUT2D eigenvalue weighted by molar-refractivity contribution is 0.0529. The van der Waals surface area contributed by atoms with Crippen molar-refractivity contribution in [3.05, 3.63) is 53.7 Å². The Morgan fingerprint density at radius 3 is 2.65 bits per heavy atom. The molecule has 2 aromatic rings. The Hall–Kier alpha value is -2.80. The first-order valence-corrected chi connectivity index (χ1v) is 11.1. The fourth-order valence-corrected chi connectivity index (χ4v) is 3.57. The zero-order valence-electron chi connectivity index (χ0n) is 19.2. The lowest BCUT2D eigenvalue weighted by atomic mass is 10.2. The van der Waals surface area contributed by atoms with E-state index in [0.29, 0.717) is 13.2 Å². The van der Waals surface area contributed by atoms with E-state index in [2.05, 4.69) is 65.3 Å². The van der Waals surface area contributed by atoms with Crippen molar-refractivity contribution in [2.24, 2.45) is 4.99 Å². The summed E-state index contributed by atoms with van der Waals surface area (Å²) in [5.74, 6) is 2.78. The van der Waals surface area contributed by atoms with Gasteiger partial charge in [-0.3, -0.25) is 0 Å². The standard InChI is InChI=1S/C24H35N5O2/c1-5-25-24(28(4)18-20-7-10-22(11-8-20)30-6-2)27-16-21-9-12-23(26-15-21)29-13-14-31-19(3)17-29/h7-12,15,19H,5-6,13-14,16-18H2,1-4H3,(H,25,27). The van der Waals surface area contributed by atoms with E-state index in [1.54, 1.807) is 0 Å². The maximum atomic E-state index is 5.62. The van der Waals surface area contributed by atoms with Crippen molar-refractivity contribution in [1.82, 2.24) is 15.2 Å². The van der Waals surface area contributed by atoms with Crippen LogP contribution in [0.1, 0.15) is 31.9 Å². The Morgan fingerprint density at radius 1 is 1.23 bits per heavy atom. The lowest BCUT2D eigenvalue weighted by Gasteiger charge is -2.32. The number of morpholine rings is 1. The Labute approximate surface area is 186 Å². The van der Waals surface area contributed by atoms with Gasteiger partial charge in [0.25, 0.3) is 0 Å². The number of nitrogens with one attached hydrogen (secondary N) is 1. The second-order valence-corrected chi connectivity index (χ2v) is 7.76. The zero-order valence-corrected chi connectivity index (χ0v) is 19.2. The largest absolute Gasteiger partial charge is 0.494 e. The van der Waals surface area contributed by atoms with Gasteiger partial charge in [-0.05, 0) is 50.1 Å². The molecule has 3 rings (SSSR count). The molecular formula is C24H35N5O2. The molecule has 1 aliphatic heterocycles. The first kappa shape index (κ1) is 22.9. The van der Waals surface area contributed by atoms with Gasteiger partial charge in [0.05, 0.1) is 25.9 Å². The number of pyridine rings is 1. The number of rotatable bonds is 8. The summed E-state index contributed by atoms with van der Waals surface area (Å²) in [6.45, 7) is 11.5. The van der Waals surface area contributed by atoms with Crippen molar-refractivity contribution < 1.29 is 9.47 Å². The van der Waals surface area contributed by atoms with E-state index < -0.39 is 0 Å². The number of aromatic nitrogens is 1. The number of anilines is 1. The fraction of sp³-hybridized carbons (Fsp3) is 0.500. The Balaban J connectivity index is 1.60. The highest BCUT2D eigenvalue weighted by Crippen LogP contribution is 2.16. The molecule has 1 saturated heterocycles. The monoisotopic (exact) mass is 425 g/mol. The molecule has 1 unspecified atom stereocenters. The summed E-state index contributed by atoms with van der Waals surface area (Å²) < 4.78 is 11.1. The van der Waals surface area contributed by atoms with Crippen LogP contribution >= 0.6 is 0 Å². The highest BCUT2D eigenvalue weighted by atomic mass is 16.5. The van der Waals surface area contributed by atoms with Crippen molar-refractivity contribution in [3.63, 3.8) is 0 Å². The summed E-state index contributed by atoms with van der Waals surface area (Å²) in [7, 11) is 2.05. The molecule has 1 atom stereocenters. The molecule has 7 heteroatoms. The van der Waals surface area contributed by atoms with E-state index in [-0.39, 0.29) is 6.10 Å². The first-order chi connectivity index (χ1) is 15.1. The molecule has 0 aliphatic carbocycles. The second kappa shape index (κ2) is 11.6. The van der Waals surface area contributed by atoms with Crippen LogP contribution in [0.25, 0.3) is 0 Å². The number of hydrogen-bond acceptors (Lipinski definition) is 5. The maximum absolute atomic E-state index is 5.62. The molecule has 0 radical (unpaired) electrons. The molecule has 31 heavy (non-hydrogen) atoms. The molecule has 1 aliphatic rings. The summed E-state index contributed by atoms with van der Waals surface area (Å²) in [5, 5.41) is 3.38. The number of benzene rings is 1. The van der Waals surface area contributed by atoms with Crippen LogP contribution in [0, 0.1) is 0 Å². The molecule has 0 bridgehead atoms. The van der Waals surface area contributed by atoms with Crippen LogP contribution in [0.4, 0.5) is 5.82 Å². The van der Waals surface area contributed by atoms with Crippen molar-refractivity contribution in [3.8, 4) is 5.75 Å². The Kier molecular flexibility index (Phi) is 8.53. The average molecular weight is 426 g/mol. The normalized spacial score (nSPS) is 16.8. The van der Waals surface area contributed by atoms with Crippen molar-refractivity contribution in [1.29, 1.82) is 0 Å². The molecule has 1 fully saturated rings. The average Bonchev–Trinajstić information content (AvgIpc) is 2.78. The van der Waals surface area contributed by atoms with E-state index >= 15 is 0 Å². The van der Waals surface area contributed by atoms with Gasteiger partial charge in [-0.15, -0.1) is 0 Å². The van der Waals surface area contributed by atoms with Crippen LogP contribution in [0.3, 0.4) is 0 Å². The highest BCUT2D eigenvalue weighted by Gasteiger charge is 2.17. The number of aliphatic imine (C=N–C) groups is 1. The molecule has 2 heterocycles. The molecule has 1 N–H and O–H groups in total. The maximum Gasteiger partial charge on any atom is 0.194 e. The molecule has 0 saturated carbocycles. The molecule has 168 valence electrons.